The van der Waals surface area contributed by atoms with E-state index in [9.17, 15) is 0 Å². The number of rotatable bonds is 5. The zero-order valence-corrected chi connectivity index (χ0v) is 10.5. The Kier molecular flexibility index (Phi) is 4.73. The first-order valence-electron chi connectivity index (χ1n) is 5.56. The van der Waals surface area contributed by atoms with E-state index in [0.717, 1.165) is 12.4 Å². The molecule has 0 fully saturated rings. The van der Waals surface area contributed by atoms with Gasteiger partial charge in [-0.25, -0.2) is 4.98 Å². The molecule has 0 aliphatic heterocycles. The van der Waals surface area contributed by atoms with Crippen molar-refractivity contribution in [2.45, 2.75) is 19.9 Å². The summed E-state index contributed by atoms with van der Waals surface area (Å²) in [6.07, 6.45) is 0. The van der Waals surface area contributed by atoms with E-state index in [2.05, 4.69) is 16.8 Å². The SMILES string of the molecule is CCN(c1ccc(N)c(C#N)n1)C(C)COC. The monoisotopic (exact) mass is 234 g/mol. The number of hydrogen-bond donors (Lipinski definition) is 1. The molecule has 0 bridgehead atoms. The maximum atomic E-state index is 8.90. The van der Waals surface area contributed by atoms with Crippen LogP contribution in [0.5, 0.6) is 0 Å². The van der Waals surface area contributed by atoms with Crippen LogP contribution in [0.3, 0.4) is 0 Å². The van der Waals surface area contributed by atoms with Gasteiger partial charge in [-0.05, 0) is 26.0 Å². The van der Waals surface area contributed by atoms with Gasteiger partial charge in [0, 0.05) is 13.7 Å². The summed E-state index contributed by atoms with van der Waals surface area (Å²) in [7, 11) is 1.67. The molecule has 1 aromatic heterocycles. The van der Waals surface area contributed by atoms with E-state index in [0.29, 0.717) is 12.3 Å². The predicted octanol–water partition coefficient (Wildman–Crippen LogP) is 1.40. The van der Waals surface area contributed by atoms with Gasteiger partial charge in [0.1, 0.15) is 11.9 Å². The van der Waals surface area contributed by atoms with E-state index < -0.39 is 0 Å². The lowest BCUT2D eigenvalue weighted by atomic mass is 10.2. The van der Waals surface area contributed by atoms with Crippen LogP contribution < -0.4 is 10.6 Å². The lowest BCUT2D eigenvalue weighted by molar-refractivity contribution is 0.181. The summed E-state index contributed by atoms with van der Waals surface area (Å²) in [5.74, 6) is 0.753. The number of methoxy groups -OCH3 is 1. The van der Waals surface area contributed by atoms with Gasteiger partial charge in [-0.2, -0.15) is 5.26 Å². The topological polar surface area (TPSA) is 75.2 Å². The maximum absolute atomic E-state index is 8.90. The van der Waals surface area contributed by atoms with Crippen LogP contribution in [0.25, 0.3) is 0 Å². The molecule has 17 heavy (non-hydrogen) atoms. The fourth-order valence-corrected chi connectivity index (χ4v) is 1.74. The fraction of sp³-hybridized carbons (Fsp3) is 0.500. The number of anilines is 2. The molecule has 5 heteroatoms. The molecule has 5 nitrogen and oxygen atoms in total. The second-order valence-corrected chi connectivity index (χ2v) is 3.81. The van der Waals surface area contributed by atoms with Gasteiger partial charge in [-0.15, -0.1) is 0 Å². The standard InChI is InChI=1S/C12H18N4O/c1-4-16(9(2)8-17-3)12-6-5-10(14)11(7-13)15-12/h5-6,9H,4,8,14H2,1-3H3. The largest absolute Gasteiger partial charge is 0.396 e. The molecular weight excluding hydrogens is 216 g/mol. The molecule has 0 saturated heterocycles. The van der Waals surface area contributed by atoms with Crippen molar-refractivity contribution in [3.05, 3.63) is 17.8 Å². The first-order valence-corrected chi connectivity index (χ1v) is 5.56. The van der Waals surface area contributed by atoms with E-state index in [-0.39, 0.29) is 11.7 Å². The third-order valence-electron chi connectivity index (χ3n) is 2.59. The molecule has 92 valence electrons. The van der Waals surface area contributed by atoms with Gasteiger partial charge in [0.15, 0.2) is 5.69 Å². The second-order valence-electron chi connectivity index (χ2n) is 3.81. The van der Waals surface area contributed by atoms with Crippen LogP contribution in [0.15, 0.2) is 12.1 Å². The summed E-state index contributed by atoms with van der Waals surface area (Å²) in [4.78, 5) is 6.32. The number of hydrogen-bond acceptors (Lipinski definition) is 5. The first-order chi connectivity index (χ1) is 8.13. The molecule has 0 aliphatic carbocycles. The van der Waals surface area contributed by atoms with Crippen molar-refractivity contribution in [2.24, 2.45) is 0 Å². The van der Waals surface area contributed by atoms with Crippen molar-refractivity contribution in [2.75, 3.05) is 30.9 Å². The molecule has 1 aromatic rings. The molecule has 0 aromatic carbocycles. The smallest absolute Gasteiger partial charge is 0.165 e. The maximum Gasteiger partial charge on any atom is 0.165 e. The summed E-state index contributed by atoms with van der Waals surface area (Å²) in [6.45, 7) is 5.50. The number of pyridine rings is 1. The van der Waals surface area contributed by atoms with Crippen molar-refractivity contribution in [3.8, 4) is 6.07 Å². The minimum absolute atomic E-state index is 0.202. The number of nitrogen functional groups attached to an aromatic ring is 1. The normalized spacial score (nSPS) is 11.9. The van der Waals surface area contributed by atoms with E-state index >= 15 is 0 Å². The molecule has 0 spiro atoms. The lowest BCUT2D eigenvalue weighted by Gasteiger charge is -2.28. The van der Waals surface area contributed by atoms with Gasteiger partial charge >= 0.3 is 0 Å². The zero-order chi connectivity index (χ0) is 12.8. The molecule has 1 atom stereocenters. The number of ether oxygens (including phenoxy) is 1. The van der Waals surface area contributed by atoms with Crippen LogP contribution in [0.4, 0.5) is 11.5 Å². The predicted molar refractivity (Wildman–Crippen MR) is 67.7 cm³/mol. The molecule has 1 rings (SSSR count). The van der Waals surface area contributed by atoms with Crippen LogP contribution in [0, 0.1) is 11.3 Å². The Bertz CT molecular complexity index is 413. The highest BCUT2D eigenvalue weighted by Crippen LogP contribution is 2.18. The summed E-state index contributed by atoms with van der Waals surface area (Å²) in [6, 6.07) is 5.73. The minimum Gasteiger partial charge on any atom is -0.396 e. The summed E-state index contributed by atoms with van der Waals surface area (Å²) < 4.78 is 5.13. The van der Waals surface area contributed by atoms with Crippen molar-refractivity contribution >= 4 is 11.5 Å². The van der Waals surface area contributed by atoms with E-state index in [4.69, 9.17) is 15.7 Å². The Morgan fingerprint density at radius 2 is 2.29 bits per heavy atom. The molecule has 0 aliphatic rings. The highest BCUT2D eigenvalue weighted by atomic mass is 16.5. The van der Waals surface area contributed by atoms with E-state index in [1.54, 1.807) is 13.2 Å². The molecular formula is C12H18N4O. The van der Waals surface area contributed by atoms with Gasteiger partial charge in [-0.1, -0.05) is 0 Å². The third kappa shape index (κ3) is 3.08. The number of nitrogens with zero attached hydrogens (tertiary/aromatic N) is 3. The van der Waals surface area contributed by atoms with Crippen LogP contribution in [0.2, 0.25) is 0 Å². The average Bonchev–Trinajstić information content (AvgIpc) is 2.32. The molecule has 0 radical (unpaired) electrons. The van der Waals surface area contributed by atoms with Crippen LogP contribution in [-0.2, 0) is 4.74 Å². The lowest BCUT2D eigenvalue weighted by Crippen LogP contribution is -2.36. The highest BCUT2D eigenvalue weighted by molar-refractivity contribution is 5.55. The van der Waals surface area contributed by atoms with E-state index in [1.807, 2.05) is 19.1 Å². The van der Waals surface area contributed by atoms with Crippen molar-refractivity contribution < 1.29 is 4.74 Å². The van der Waals surface area contributed by atoms with Gasteiger partial charge in [0.05, 0.1) is 18.3 Å². The Balaban J connectivity index is 3.00. The van der Waals surface area contributed by atoms with Crippen molar-refractivity contribution in [1.29, 1.82) is 5.26 Å². The minimum atomic E-state index is 0.202. The first kappa shape index (κ1) is 13.3. The Morgan fingerprint density at radius 1 is 1.59 bits per heavy atom. The van der Waals surface area contributed by atoms with E-state index in [1.165, 1.54) is 0 Å². The van der Waals surface area contributed by atoms with Crippen molar-refractivity contribution in [1.82, 2.24) is 4.98 Å². The molecule has 1 unspecified atom stereocenters. The van der Waals surface area contributed by atoms with Crippen molar-refractivity contribution in [3.63, 3.8) is 0 Å². The van der Waals surface area contributed by atoms with Gasteiger partial charge in [0.2, 0.25) is 0 Å². The quantitative estimate of drug-likeness (QED) is 0.833. The Labute approximate surface area is 102 Å². The number of likely N-dealkylation sites (N-methyl/N-ethyl adjacent to an activating group) is 1. The summed E-state index contributed by atoms with van der Waals surface area (Å²) in [5, 5.41) is 8.90. The fourth-order valence-electron chi connectivity index (χ4n) is 1.74. The van der Waals surface area contributed by atoms with Gasteiger partial charge < -0.3 is 15.4 Å². The Morgan fingerprint density at radius 3 is 2.82 bits per heavy atom. The molecule has 0 amide bonds. The van der Waals surface area contributed by atoms with Gasteiger partial charge in [0.25, 0.3) is 0 Å². The Hall–Kier alpha value is -1.80. The zero-order valence-electron chi connectivity index (χ0n) is 10.5. The van der Waals surface area contributed by atoms with Crippen LogP contribution in [-0.4, -0.2) is 31.3 Å². The number of nitrogens with two attached hydrogens (primary N) is 1. The number of nitriles is 1. The second kappa shape index (κ2) is 6.06. The van der Waals surface area contributed by atoms with Gasteiger partial charge in [-0.3, -0.25) is 0 Å². The average molecular weight is 234 g/mol. The van der Waals surface area contributed by atoms with Crippen LogP contribution >= 0.6 is 0 Å². The molecule has 1 heterocycles. The molecule has 0 saturated carbocycles. The highest BCUT2D eigenvalue weighted by Gasteiger charge is 2.15. The van der Waals surface area contributed by atoms with Crippen LogP contribution in [0.1, 0.15) is 19.5 Å². The molecule has 2 N–H and O–H groups in total. The third-order valence-corrected chi connectivity index (χ3v) is 2.59. The summed E-state index contributed by atoms with van der Waals surface area (Å²) >= 11 is 0. The summed E-state index contributed by atoms with van der Waals surface area (Å²) in [5.41, 5.74) is 6.33. The number of aromatic nitrogens is 1.